The van der Waals surface area contributed by atoms with Crippen LogP contribution in [0.4, 0.5) is 5.69 Å². The van der Waals surface area contributed by atoms with Gasteiger partial charge < -0.3 is 25.8 Å². The Kier molecular flexibility index (Phi) is 6.54. The minimum atomic E-state index is -1.06. The fourth-order valence-electron chi connectivity index (χ4n) is 4.06. The molecule has 2 aromatic carbocycles. The molecule has 0 spiro atoms. The molecule has 2 aromatic heterocycles. The van der Waals surface area contributed by atoms with Gasteiger partial charge in [-0.2, -0.15) is 0 Å². The summed E-state index contributed by atoms with van der Waals surface area (Å²) in [5, 5.41) is 19.8. The summed E-state index contributed by atoms with van der Waals surface area (Å²) >= 11 is 0. The van der Waals surface area contributed by atoms with Gasteiger partial charge in [-0.3, -0.25) is 24.3 Å². The monoisotopic (exact) mass is 530 g/mol. The van der Waals surface area contributed by atoms with E-state index in [0.717, 1.165) is 6.07 Å². The number of carboxylic acid groups (broad SMARTS) is 1. The molecule has 0 aliphatic carbocycles. The van der Waals surface area contributed by atoms with Gasteiger partial charge in [0.25, 0.3) is 23.3 Å². The summed E-state index contributed by atoms with van der Waals surface area (Å²) < 4.78 is 6.52. The van der Waals surface area contributed by atoms with Crippen molar-refractivity contribution in [3.05, 3.63) is 93.0 Å². The van der Waals surface area contributed by atoms with Crippen molar-refractivity contribution in [1.82, 2.24) is 25.2 Å². The van der Waals surface area contributed by atoms with Crippen molar-refractivity contribution in [1.29, 1.82) is 0 Å². The summed E-state index contributed by atoms with van der Waals surface area (Å²) in [4.78, 5) is 65.0. The summed E-state index contributed by atoms with van der Waals surface area (Å²) in [5.41, 5.74) is 1.39. The molecule has 1 atom stereocenters. The van der Waals surface area contributed by atoms with Gasteiger partial charge >= 0.3 is 5.97 Å². The van der Waals surface area contributed by atoms with E-state index < -0.39 is 29.4 Å². The molecule has 3 heterocycles. The molecule has 13 nitrogen and oxygen atoms in total. The van der Waals surface area contributed by atoms with Crippen molar-refractivity contribution in [2.24, 2.45) is 0 Å². The van der Waals surface area contributed by atoms with Gasteiger partial charge in [0.2, 0.25) is 0 Å². The van der Waals surface area contributed by atoms with Gasteiger partial charge in [-0.1, -0.05) is 18.2 Å². The smallest absolute Gasteiger partial charge is 0.335 e. The Morgan fingerprint density at radius 2 is 1.85 bits per heavy atom. The zero-order valence-electron chi connectivity index (χ0n) is 20.5. The molecule has 5 N–H and O–H groups in total. The molecule has 4 aromatic rings. The van der Waals surface area contributed by atoms with Crippen molar-refractivity contribution < 1.29 is 29.0 Å². The molecule has 3 amide bonds. The highest BCUT2D eigenvalue weighted by Gasteiger charge is 2.21. The zero-order valence-corrected chi connectivity index (χ0v) is 20.5. The number of carbonyl (C=O) groups is 4. The molecule has 0 fully saturated rings. The highest BCUT2D eigenvalue weighted by molar-refractivity contribution is 5.98. The second-order valence-electron chi connectivity index (χ2n) is 8.81. The first-order chi connectivity index (χ1) is 18.7. The van der Waals surface area contributed by atoms with E-state index in [-0.39, 0.29) is 41.7 Å². The van der Waals surface area contributed by atoms with Crippen LogP contribution in [0.5, 0.6) is 5.75 Å². The lowest BCUT2D eigenvalue weighted by Crippen LogP contribution is -2.30. The maximum Gasteiger partial charge on any atom is 0.335 e. The van der Waals surface area contributed by atoms with E-state index in [1.807, 2.05) is 0 Å². The number of rotatable bonds is 7. The highest BCUT2D eigenvalue weighted by Crippen LogP contribution is 2.28. The standard InChI is InChI=1S/C26H22N6O7/c1-13(15-3-5-16(6-4-15)26(37)38)28-24(35)18-9-19(32-21(29-18)10-22(33)31-32)25(36)27-11-14-2-7-20-17(8-14)30-23(34)12-39-20/h2-10,13H,11-12H2,1H3,(H,27,36)(H,28,35)(H,30,34)(H,31,33)(H,37,38)/t13-/m0/s1. The number of carboxylic acids is 1. The Balaban J connectivity index is 1.35. The number of fused-ring (bicyclic) bond motifs is 2. The fraction of sp³-hybridized carbons (Fsp3) is 0.154. The van der Waals surface area contributed by atoms with Crippen LogP contribution in [0.3, 0.4) is 0 Å². The predicted molar refractivity (Wildman–Crippen MR) is 137 cm³/mol. The second-order valence-corrected chi connectivity index (χ2v) is 8.81. The topological polar surface area (TPSA) is 184 Å². The summed E-state index contributed by atoms with van der Waals surface area (Å²) in [6.45, 7) is 1.73. The van der Waals surface area contributed by atoms with Crippen molar-refractivity contribution >= 4 is 35.0 Å². The molecule has 198 valence electrons. The number of ether oxygens (including phenoxy) is 1. The van der Waals surface area contributed by atoms with Gasteiger partial charge in [0.05, 0.1) is 17.3 Å². The van der Waals surface area contributed by atoms with Crippen LogP contribution >= 0.6 is 0 Å². The van der Waals surface area contributed by atoms with Crippen LogP contribution < -0.4 is 26.2 Å². The number of benzene rings is 2. The molecule has 0 unspecified atom stereocenters. The number of H-pyrrole nitrogens is 1. The minimum Gasteiger partial charge on any atom is -0.482 e. The Morgan fingerprint density at radius 3 is 2.59 bits per heavy atom. The third-order valence-electron chi connectivity index (χ3n) is 6.06. The maximum atomic E-state index is 13.1. The molecule has 0 saturated carbocycles. The first-order valence-electron chi connectivity index (χ1n) is 11.8. The van der Waals surface area contributed by atoms with E-state index in [1.54, 1.807) is 37.3 Å². The van der Waals surface area contributed by atoms with Gasteiger partial charge in [0, 0.05) is 18.7 Å². The van der Waals surface area contributed by atoms with E-state index in [2.05, 4.69) is 26.0 Å². The molecule has 1 aliphatic rings. The number of aromatic amines is 1. The first-order valence-corrected chi connectivity index (χ1v) is 11.8. The summed E-state index contributed by atoms with van der Waals surface area (Å²) in [6, 6.07) is 13.1. The number of hydrogen-bond acceptors (Lipinski definition) is 7. The SMILES string of the molecule is C[C@H](NC(=O)c1cc(C(=O)NCc2ccc3c(c2)NC(=O)CO3)n2[nH]c(=O)cc2n1)c1ccc(C(=O)O)cc1. The minimum absolute atomic E-state index is 0.0275. The maximum absolute atomic E-state index is 13.1. The van der Waals surface area contributed by atoms with Crippen LogP contribution in [-0.2, 0) is 11.3 Å². The lowest BCUT2D eigenvalue weighted by Gasteiger charge is -2.18. The molecule has 0 saturated heterocycles. The fourth-order valence-corrected chi connectivity index (χ4v) is 4.06. The van der Waals surface area contributed by atoms with Crippen LogP contribution in [0.15, 0.2) is 59.4 Å². The van der Waals surface area contributed by atoms with Crippen LogP contribution in [0, 0.1) is 0 Å². The van der Waals surface area contributed by atoms with Crippen molar-refractivity contribution in [3.8, 4) is 5.75 Å². The average Bonchev–Trinajstić information content (AvgIpc) is 3.30. The van der Waals surface area contributed by atoms with Gasteiger partial charge in [-0.15, -0.1) is 0 Å². The lowest BCUT2D eigenvalue weighted by molar-refractivity contribution is -0.118. The summed E-state index contributed by atoms with van der Waals surface area (Å²) in [6.07, 6.45) is 0. The third-order valence-corrected chi connectivity index (χ3v) is 6.06. The molecule has 39 heavy (non-hydrogen) atoms. The van der Waals surface area contributed by atoms with Crippen molar-refractivity contribution in [3.63, 3.8) is 0 Å². The van der Waals surface area contributed by atoms with E-state index >= 15 is 0 Å². The van der Waals surface area contributed by atoms with Gasteiger partial charge in [0.15, 0.2) is 12.3 Å². The molecule has 1 aliphatic heterocycles. The Hall–Kier alpha value is -5.46. The summed E-state index contributed by atoms with van der Waals surface area (Å²) in [5.74, 6) is -2.00. The second kappa shape index (κ2) is 10.1. The largest absolute Gasteiger partial charge is 0.482 e. The number of amides is 3. The van der Waals surface area contributed by atoms with Crippen molar-refractivity contribution in [2.75, 3.05) is 11.9 Å². The van der Waals surface area contributed by atoms with Gasteiger partial charge in [-0.25, -0.2) is 14.3 Å². The number of carbonyl (C=O) groups excluding carboxylic acids is 3. The molecule has 0 bridgehead atoms. The van der Waals surface area contributed by atoms with E-state index in [1.165, 1.54) is 22.7 Å². The molecule has 13 heteroatoms. The van der Waals surface area contributed by atoms with E-state index in [0.29, 0.717) is 22.6 Å². The number of nitrogens with one attached hydrogen (secondary N) is 4. The van der Waals surface area contributed by atoms with Crippen LogP contribution in [-0.4, -0.2) is 50.0 Å². The Morgan fingerprint density at radius 1 is 1.08 bits per heavy atom. The Bertz CT molecular complexity index is 1690. The predicted octanol–water partition coefficient (Wildman–Crippen LogP) is 1.47. The average molecular weight is 530 g/mol. The van der Waals surface area contributed by atoms with Crippen LogP contribution in [0.1, 0.15) is 55.4 Å². The van der Waals surface area contributed by atoms with Crippen LogP contribution in [0.25, 0.3) is 5.65 Å². The molecular weight excluding hydrogens is 508 g/mol. The summed E-state index contributed by atoms with van der Waals surface area (Å²) in [7, 11) is 0. The molecule has 5 rings (SSSR count). The highest BCUT2D eigenvalue weighted by atomic mass is 16.5. The van der Waals surface area contributed by atoms with Crippen LogP contribution in [0.2, 0.25) is 0 Å². The van der Waals surface area contributed by atoms with Gasteiger partial charge in [0.1, 0.15) is 17.1 Å². The Labute approximate surface area is 219 Å². The van der Waals surface area contributed by atoms with Crippen molar-refractivity contribution in [2.45, 2.75) is 19.5 Å². The zero-order chi connectivity index (χ0) is 27.7. The normalized spacial score (nSPS) is 13.1. The lowest BCUT2D eigenvalue weighted by atomic mass is 10.1. The number of aromatic carboxylic acids is 1. The number of nitrogens with zero attached hydrogens (tertiary/aromatic N) is 2. The molecule has 0 radical (unpaired) electrons. The number of aromatic nitrogens is 3. The van der Waals surface area contributed by atoms with E-state index in [4.69, 9.17) is 9.84 Å². The quantitative estimate of drug-likeness (QED) is 0.238. The number of anilines is 1. The molecular formula is C26H22N6O7. The number of hydrogen-bond donors (Lipinski definition) is 5. The van der Waals surface area contributed by atoms with Gasteiger partial charge in [-0.05, 0) is 42.3 Å². The first kappa shape index (κ1) is 25.2. The third kappa shape index (κ3) is 5.32. The van der Waals surface area contributed by atoms with E-state index in [9.17, 15) is 24.0 Å².